The summed E-state index contributed by atoms with van der Waals surface area (Å²) in [5, 5.41) is 12.8. The SMILES string of the molecule is CC(C)[C@@](Nc1ncc(C=O)s1)(C(N)=O)C(CC(=O)O)c1ccccc1. The van der Waals surface area contributed by atoms with Crippen LogP contribution >= 0.6 is 11.3 Å². The van der Waals surface area contributed by atoms with Crippen LogP contribution in [-0.4, -0.2) is 33.8 Å². The van der Waals surface area contributed by atoms with E-state index in [0.29, 0.717) is 21.9 Å². The predicted molar refractivity (Wildman–Crippen MR) is 99.3 cm³/mol. The van der Waals surface area contributed by atoms with Gasteiger partial charge in [0.2, 0.25) is 5.91 Å². The number of nitrogens with zero attached hydrogens (tertiary/aromatic N) is 1. The lowest BCUT2D eigenvalue weighted by Crippen LogP contribution is -2.59. The van der Waals surface area contributed by atoms with Crippen LogP contribution in [0.1, 0.15) is 41.4 Å². The highest BCUT2D eigenvalue weighted by atomic mass is 32.1. The van der Waals surface area contributed by atoms with Crippen LogP contribution in [0.4, 0.5) is 5.13 Å². The van der Waals surface area contributed by atoms with E-state index in [4.69, 9.17) is 5.73 Å². The molecule has 0 fully saturated rings. The van der Waals surface area contributed by atoms with Crippen LogP contribution in [-0.2, 0) is 9.59 Å². The van der Waals surface area contributed by atoms with Gasteiger partial charge in [-0.25, -0.2) is 4.98 Å². The fraction of sp³-hybridized carbons (Fsp3) is 0.333. The zero-order valence-electron chi connectivity index (χ0n) is 14.5. The minimum Gasteiger partial charge on any atom is -0.481 e. The molecule has 1 aromatic carbocycles. The Bertz CT molecular complexity index is 791. The largest absolute Gasteiger partial charge is 0.481 e. The molecule has 8 heteroatoms. The molecule has 1 amide bonds. The Morgan fingerprint density at radius 2 is 2.00 bits per heavy atom. The van der Waals surface area contributed by atoms with Crippen molar-refractivity contribution in [2.75, 3.05) is 5.32 Å². The molecule has 26 heavy (non-hydrogen) atoms. The van der Waals surface area contributed by atoms with E-state index < -0.39 is 23.3 Å². The number of amides is 1. The number of carboxylic acids is 1. The minimum absolute atomic E-state index is 0.288. The van der Waals surface area contributed by atoms with Crippen molar-refractivity contribution >= 4 is 34.6 Å². The number of carboxylic acid groups (broad SMARTS) is 1. The summed E-state index contributed by atoms with van der Waals surface area (Å²) < 4.78 is 0. The number of primary amides is 1. The van der Waals surface area contributed by atoms with E-state index >= 15 is 0 Å². The number of thiazole rings is 1. The summed E-state index contributed by atoms with van der Waals surface area (Å²) in [5.74, 6) is -2.78. The van der Waals surface area contributed by atoms with Gasteiger partial charge < -0.3 is 16.2 Å². The monoisotopic (exact) mass is 375 g/mol. The first kappa shape index (κ1) is 19.6. The molecule has 0 aliphatic rings. The van der Waals surface area contributed by atoms with Gasteiger partial charge in [0.1, 0.15) is 5.54 Å². The molecule has 0 spiro atoms. The van der Waals surface area contributed by atoms with E-state index in [2.05, 4.69) is 10.3 Å². The van der Waals surface area contributed by atoms with Crippen molar-refractivity contribution in [3.8, 4) is 0 Å². The van der Waals surface area contributed by atoms with Crippen LogP contribution in [0.3, 0.4) is 0 Å². The number of aromatic nitrogens is 1. The summed E-state index contributed by atoms with van der Waals surface area (Å²) in [6.45, 7) is 3.59. The van der Waals surface area contributed by atoms with Crippen LogP contribution in [0, 0.1) is 5.92 Å². The highest BCUT2D eigenvalue weighted by molar-refractivity contribution is 7.17. The molecule has 1 aromatic heterocycles. The van der Waals surface area contributed by atoms with E-state index in [-0.39, 0.29) is 12.3 Å². The maximum Gasteiger partial charge on any atom is 0.304 e. The summed E-state index contributed by atoms with van der Waals surface area (Å²) in [5.41, 5.74) is 5.08. The number of carbonyl (C=O) groups excluding carboxylic acids is 2. The van der Waals surface area contributed by atoms with Gasteiger partial charge in [-0.3, -0.25) is 14.4 Å². The number of anilines is 1. The molecule has 2 atom stereocenters. The summed E-state index contributed by atoms with van der Waals surface area (Å²) in [6.07, 6.45) is 1.76. The maximum absolute atomic E-state index is 12.6. The van der Waals surface area contributed by atoms with Crippen molar-refractivity contribution in [3.05, 3.63) is 47.0 Å². The third-order valence-electron chi connectivity index (χ3n) is 4.40. The molecule has 0 saturated heterocycles. The predicted octanol–water partition coefficient (Wildman–Crippen LogP) is 2.51. The molecule has 0 saturated carbocycles. The van der Waals surface area contributed by atoms with E-state index in [1.807, 2.05) is 6.07 Å². The molecule has 2 aromatic rings. The number of carbonyl (C=O) groups is 3. The van der Waals surface area contributed by atoms with E-state index in [1.54, 1.807) is 38.1 Å². The molecular formula is C18H21N3O4S. The second-order valence-corrected chi connectivity index (χ2v) is 7.32. The van der Waals surface area contributed by atoms with Crippen molar-refractivity contribution < 1.29 is 19.5 Å². The van der Waals surface area contributed by atoms with Gasteiger partial charge in [0.05, 0.1) is 17.5 Å². The number of nitrogens with two attached hydrogens (primary N) is 1. The number of nitrogens with one attached hydrogen (secondary N) is 1. The molecular weight excluding hydrogens is 354 g/mol. The summed E-state index contributed by atoms with van der Waals surface area (Å²) in [4.78, 5) is 39.6. The molecule has 0 aliphatic heterocycles. The normalized spacial score (nSPS) is 14.4. The average molecular weight is 375 g/mol. The Morgan fingerprint density at radius 3 is 2.46 bits per heavy atom. The first-order valence-corrected chi connectivity index (χ1v) is 8.88. The Morgan fingerprint density at radius 1 is 1.35 bits per heavy atom. The van der Waals surface area contributed by atoms with Gasteiger partial charge >= 0.3 is 5.97 Å². The molecule has 0 bridgehead atoms. The fourth-order valence-electron chi connectivity index (χ4n) is 3.13. The highest BCUT2D eigenvalue weighted by Gasteiger charge is 2.49. The number of hydrogen-bond acceptors (Lipinski definition) is 6. The molecule has 7 nitrogen and oxygen atoms in total. The van der Waals surface area contributed by atoms with Crippen molar-refractivity contribution in [1.82, 2.24) is 4.98 Å². The highest BCUT2D eigenvalue weighted by Crippen LogP contribution is 2.40. The van der Waals surface area contributed by atoms with Crippen molar-refractivity contribution in [2.45, 2.75) is 31.7 Å². The standard InChI is InChI=1S/C18H21N3O4S/c1-11(2)18(16(19)25,21-17-20-9-13(10-22)26-17)14(8-15(23)24)12-6-4-3-5-7-12/h3-7,9-11,14H,8H2,1-2H3,(H2,19,25)(H,20,21)(H,23,24)/t14?,18-/m0/s1. The molecule has 1 unspecified atom stereocenters. The van der Waals surface area contributed by atoms with E-state index in [0.717, 1.165) is 11.3 Å². The lowest BCUT2D eigenvalue weighted by atomic mass is 9.70. The zero-order chi connectivity index (χ0) is 19.3. The van der Waals surface area contributed by atoms with Crippen molar-refractivity contribution in [3.63, 3.8) is 0 Å². The molecule has 2 rings (SSSR count). The fourth-order valence-corrected chi connectivity index (χ4v) is 3.83. The second-order valence-electron chi connectivity index (χ2n) is 6.26. The Hall–Kier alpha value is -2.74. The number of hydrogen-bond donors (Lipinski definition) is 3. The van der Waals surface area contributed by atoms with Crippen LogP contribution in [0.5, 0.6) is 0 Å². The summed E-state index contributed by atoms with van der Waals surface area (Å²) in [7, 11) is 0. The molecule has 1 heterocycles. The third kappa shape index (κ3) is 3.91. The second kappa shape index (κ2) is 8.09. The van der Waals surface area contributed by atoms with Crippen LogP contribution < -0.4 is 11.1 Å². The van der Waals surface area contributed by atoms with Crippen molar-refractivity contribution in [2.24, 2.45) is 11.7 Å². The van der Waals surface area contributed by atoms with Crippen molar-refractivity contribution in [1.29, 1.82) is 0 Å². The van der Waals surface area contributed by atoms with Crippen LogP contribution in [0.25, 0.3) is 0 Å². The van der Waals surface area contributed by atoms with E-state index in [9.17, 15) is 19.5 Å². The van der Waals surface area contributed by atoms with E-state index in [1.165, 1.54) is 6.20 Å². The lowest BCUT2D eigenvalue weighted by molar-refractivity contribution is -0.138. The van der Waals surface area contributed by atoms with Gasteiger partial charge in [0, 0.05) is 5.92 Å². The third-order valence-corrected chi connectivity index (χ3v) is 5.24. The number of rotatable bonds is 9. The quantitative estimate of drug-likeness (QED) is 0.579. The first-order chi connectivity index (χ1) is 12.3. The first-order valence-electron chi connectivity index (χ1n) is 8.07. The van der Waals surface area contributed by atoms with Crippen LogP contribution in [0.15, 0.2) is 36.5 Å². The topological polar surface area (TPSA) is 122 Å². The average Bonchev–Trinajstić information content (AvgIpc) is 3.05. The minimum atomic E-state index is -1.39. The number of aliphatic carboxylic acids is 1. The van der Waals surface area contributed by atoms with Gasteiger partial charge in [0.25, 0.3) is 0 Å². The van der Waals surface area contributed by atoms with Gasteiger partial charge in [-0.2, -0.15) is 0 Å². The summed E-state index contributed by atoms with van der Waals surface area (Å²) >= 11 is 1.08. The molecule has 138 valence electrons. The Labute approximate surface area is 155 Å². The number of benzene rings is 1. The Balaban J connectivity index is 2.60. The molecule has 0 aliphatic carbocycles. The van der Waals surface area contributed by atoms with Gasteiger partial charge in [-0.05, 0) is 11.5 Å². The van der Waals surface area contributed by atoms with Gasteiger partial charge in [0.15, 0.2) is 11.4 Å². The maximum atomic E-state index is 12.6. The Kier molecular flexibility index (Phi) is 6.10. The zero-order valence-corrected chi connectivity index (χ0v) is 15.3. The number of aldehydes is 1. The molecule has 4 N–H and O–H groups in total. The van der Waals surface area contributed by atoms with Crippen LogP contribution in [0.2, 0.25) is 0 Å². The lowest BCUT2D eigenvalue weighted by Gasteiger charge is -2.42. The molecule has 0 radical (unpaired) electrons. The van der Waals surface area contributed by atoms with Gasteiger partial charge in [-0.15, -0.1) is 0 Å². The summed E-state index contributed by atoms with van der Waals surface area (Å²) in [6, 6.07) is 8.92. The van der Waals surface area contributed by atoms with Gasteiger partial charge in [-0.1, -0.05) is 55.5 Å². The smallest absolute Gasteiger partial charge is 0.304 e.